The third-order valence-corrected chi connectivity index (χ3v) is 5.05. The van der Waals surface area contributed by atoms with E-state index < -0.39 is 0 Å². The first-order chi connectivity index (χ1) is 15.4. The van der Waals surface area contributed by atoms with Crippen LogP contribution in [0.1, 0.15) is 40.3 Å². The van der Waals surface area contributed by atoms with Gasteiger partial charge in [0.15, 0.2) is 5.69 Å². The van der Waals surface area contributed by atoms with Crippen molar-refractivity contribution < 1.29 is 9.59 Å². The highest BCUT2D eigenvalue weighted by atomic mass is 16.2. The Balaban J connectivity index is 1.41. The van der Waals surface area contributed by atoms with Crippen molar-refractivity contribution >= 4 is 17.4 Å². The summed E-state index contributed by atoms with van der Waals surface area (Å²) in [5.41, 5.74) is 3.97. The van der Waals surface area contributed by atoms with Crippen LogP contribution in [0.3, 0.4) is 0 Å². The van der Waals surface area contributed by atoms with E-state index in [1.54, 1.807) is 17.9 Å². The molecule has 0 bridgehead atoms. The largest absolute Gasteiger partial charge is 0.378 e. The van der Waals surface area contributed by atoms with E-state index in [1.807, 2.05) is 55.4 Å². The molecule has 0 aliphatic rings. The third-order valence-electron chi connectivity index (χ3n) is 5.05. The van der Waals surface area contributed by atoms with Crippen LogP contribution in [0, 0.1) is 0 Å². The van der Waals surface area contributed by atoms with Crippen molar-refractivity contribution in [1.29, 1.82) is 0 Å². The predicted octanol–water partition coefficient (Wildman–Crippen LogP) is 1.87. The molecule has 0 atom stereocenters. The summed E-state index contributed by atoms with van der Waals surface area (Å²) in [6.45, 7) is 0.680. The first-order valence-corrected chi connectivity index (χ1v) is 10.7. The van der Waals surface area contributed by atoms with Gasteiger partial charge in [-0.05, 0) is 49.1 Å². The van der Waals surface area contributed by atoms with Crippen molar-refractivity contribution in [3.8, 4) is 0 Å². The second-order valence-electron chi connectivity index (χ2n) is 7.88. The van der Waals surface area contributed by atoms with E-state index in [4.69, 9.17) is 0 Å². The zero-order chi connectivity index (χ0) is 22.9. The van der Waals surface area contributed by atoms with Crippen LogP contribution in [0.4, 0.5) is 5.69 Å². The van der Waals surface area contributed by atoms with Gasteiger partial charge in [0, 0.05) is 39.8 Å². The molecular formula is C23H29N7O2. The van der Waals surface area contributed by atoms with Gasteiger partial charge < -0.3 is 10.2 Å². The minimum Gasteiger partial charge on any atom is -0.378 e. The number of ketones is 1. The van der Waals surface area contributed by atoms with E-state index in [-0.39, 0.29) is 18.1 Å². The molecular weight excluding hydrogens is 406 g/mol. The smallest absolute Gasteiger partial charge is 0.273 e. The minimum absolute atomic E-state index is 0.118. The molecule has 0 saturated heterocycles. The fourth-order valence-corrected chi connectivity index (χ4v) is 3.27. The van der Waals surface area contributed by atoms with E-state index in [1.165, 1.54) is 0 Å². The molecule has 1 aromatic carbocycles. The molecule has 0 aliphatic carbocycles. The van der Waals surface area contributed by atoms with E-state index in [9.17, 15) is 9.59 Å². The second kappa shape index (κ2) is 11.1. The lowest BCUT2D eigenvalue weighted by molar-refractivity contribution is -0.117. The SMILES string of the molecule is CNC(=O)c1cn(CCCCc2ccc(CC(=O)Cc3cccc(N(C)C)c3)nn2)nn1. The van der Waals surface area contributed by atoms with Gasteiger partial charge in [-0.25, -0.2) is 0 Å². The summed E-state index contributed by atoms with van der Waals surface area (Å²) in [6.07, 6.45) is 4.88. The van der Waals surface area contributed by atoms with Crippen molar-refractivity contribution in [3.63, 3.8) is 0 Å². The first kappa shape index (κ1) is 23.1. The van der Waals surface area contributed by atoms with Crippen LogP contribution in [-0.2, 0) is 30.6 Å². The lowest BCUT2D eigenvalue weighted by atomic mass is 10.0. The molecule has 9 heteroatoms. The number of carbonyl (C=O) groups is 2. The summed E-state index contributed by atoms with van der Waals surface area (Å²) in [7, 11) is 5.53. The number of hydrogen-bond donors (Lipinski definition) is 1. The van der Waals surface area contributed by atoms with Crippen molar-refractivity contribution in [2.45, 2.75) is 38.6 Å². The lowest BCUT2D eigenvalue weighted by Gasteiger charge is -2.13. The Kier molecular flexibility index (Phi) is 8.02. The van der Waals surface area contributed by atoms with Gasteiger partial charge in [0.2, 0.25) is 0 Å². The average molecular weight is 436 g/mol. The van der Waals surface area contributed by atoms with Crippen LogP contribution in [0.25, 0.3) is 0 Å². The maximum absolute atomic E-state index is 12.4. The molecule has 0 fully saturated rings. The first-order valence-electron chi connectivity index (χ1n) is 10.7. The van der Waals surface area contributed by atoms with Gasteiger partial charge in [-0.15, -0.1) is 5.10 Å². The topological polar surface area (TPSA) is 106 Å². The Morgan fingerprint density at radius 2 is 1.78 bits per heavy atom. The third kappa shape index (κ3) is 6.69. The van der Waals surface area contributed by atoms with Gasteiger partial charge >= 0.3 is 0 Å². The molecule has 3 rings (SSSR count). The van der Waals surface area contributed by atoms with E-state index >= 15 is 0 Å². The number of anilines is 1. The van der Waals surface area contributed by atoms with Gasteiger partial charge in [-0.2, -0.15) is 10.2 Å². The highest BCUT2D eigenvalue weighted by molar-refractivity contribution is 5.91. The molecule has 1 amide bonds. The Hall–Kier alpha value is -3.62. The summed E-state index contributed by atoms with van der Waals surface area (Å²) in [5, 5.41) is 18.8. The summed E-state index contributed by atoms with van der Waals surface area (Å²) in [4.78, 5) is 26.0. The molecule has 168 valence electrons. The van der Waals surface area contributed by atoms with Gasteiger partial charge in [-0.3, -0.25) is 14.3 Å². The fraction of sp³-hybridized carbons (Fsp3) is 0.391. The summed E-state index contributed by atoms with van der Waals surface area (Å²) in [6, 6.07) is 11.8. The van der Waals surface area contributed by atoms with Gasteiger partial charge in [0.25, 0.3) is 5.91 Å². The number of nitrogens with zero attached hydrogens (tertiary/aromatic N) is 6. The van der Waals surface area contributed by atoms with E-state index in [0.717, 1.165) is 36.2 Å². The molecule has 9 nitrogen and oxygen atoms in total. The predicted molar refractivity (Wildman–Crippen MR) is 122 cm³/mol. The standard InChI is InChI=1S/C23H29N7O2/c1-24-23(32)22-16-30(28-27-22)12-5-4-8-18-10-11-19(26-25-18)15-21(31)14-17-7-6-9-20(13-17)29(2)3/h6-7,9-11,13,16H,4-5,8,12,14-15H2,1-3H3,(H,24,32). The monoisotopic (exact) mass is 435 g/mol. The number of rotatable bonds is 11. The molecule has 0 saturated carbocycles. The number of benzene rings is 1. The zero-order valence-corrected chi connectivity index (χ0v) is 18.8. The van der Waals surface area contributed by atoms with Gasteiger partial charge in [0.05, 0.1) is 24.0 Å². The number of Topliss-reactive ketones (excluding diaryl/α,β-unsaturated/α-hetero) is 1. The highest BCUT2D eigenvalue weighted by Crippen LogP contribution is 2.14. The normalized spacial score (nSPS) is 10.7. The summed E-state index contributed by atoms with van der Waals surface area (Å²) >= 11 is 0. The molecule has 0 spiro atoms. The van der Waals surface area contributed by atoms with Crippen molar-refractivity contribution in [2.75, 3.05) is 26.0 Å². The molecule has 32 heavy (non-hydrogen) atoms. The maximum Gasteiger partial charge on any atom is 0.273 e. The molecule has 2 aromatic heterocycles. The number of nitrogens with one attached hydrogen (secondary N) is 1. The average Bonchev–Trinajstić information content (AvgIpc) is 3.26. The maximum atomic E-state index is 12.4. The summed E-state index contributed by atoms with van der Waals surface area (Å²) < 4.78 is 1.67. The molecule has 2 heterocycles. The number of carbonyl (C=O) groups excluding carboxylic acids is 2. The number of hydrogen-bond acceptors (Lipinski definition) is 7. The Morgan fingerprint density at radius 3 is 2.50 bits per heavy atom. The number of amides is 1. The van der Waals surface area contributed by atoms with Gasteiger partial charge in [-0.1, -0.05) is 17.3 Å². The molecule has 0 radical (unpaired) electrons. The zero-order valence-electron chi connectivity index (χ0n) is 18.8. The van der Waals surface area contributed by atoms with Gasteiger partial charge in [0.1, 0.15) is 5.78 Å². The van der Waals surface area contributed by atoms with Crippen LogP contribution >= 0.6 is 0 Å². The number of unbranched alkanes of at least 4 members (excludes halogenated alkanes) is 1. The van der Waals surface area contributed by atoms with Crippen LogP contribution in [0.5, 0.6) is 0 Å². The minimum atomic E-state index is -0.243. The highest BCUT2D eigenvalue weighted by Gasteiger charge is 2.10. The van der Waals surface area contributed by atoms with Crippen molar-refractivity contribution in [3.05, 3.63) is 65.2 Å². The second-order valence-corrected chi connectivity index (χ2v) is 7.88. The molecule has 0 unspecified atom stereocenters. The van der Waals surface area contributed by atoms with Crippen LogP contribution in [0.2, 0.25) is 0 Å². The van der Waals surface area contributed by atoms with Crippen LogP contribution in [-0.4, -0.2) is 58.0 Å². The van der Waals surface area contributed by atoms with E-state index in [2.05, 4.69) is 25.8 Å². The summed E-state index contributed by atoms with van der Waals surface area (Å²) in [5.74, 6) is -0.126. The Morgan fingerprint density at radius 1 is 1.00 bits per heavy atom. The van der Waals surface area contributed by atoms with E-state index in [0.29, 0.717) is 24.4 Å². The lowest BCUT2D eigenvalue weighted by Crippen LogP contribution is -2.18. The molecule has 1 N–H and O–H groups in total. The Labute approximate surface area is 187 Å². The number of aryl methyl sites for hydroxylation is 2. The molecule has 0 aliphatic heterocycles. The Bertz CT molecular complexity index is 1040. The fourth-order valence-electron chi connectivity index (χ4n) is 3.27. The van der Waals surface area contributed by atoms with Crippen LogP contribution in [0.15, 0.2) is 42.6 Å². The quantitative estimate of drug-likeness (QED) is 0.458. The number of aromatic nitrogens is 5. The van der Waals surface area contributed by atoms with Crippen molar-refractivity contribution in [1.82, 2.24) is 30.5 Å². The van der Waals surface area contributed by atoms with Crippen molar-refractivity contribution in [2.24, 2.45) is 0 Å². The van der Waals surface area contributed by atoms with Crippen LogP contribution < -0.4 is 10.2 Å². The molecule has 3 aromatic rings.